The first-order valence-electron chi connectivity index (χ1n) is 12.2. The Morgan fingerprint density at radius 3 is 2.71 bits per heavy atom. The normalized spacial score (nSPS) is 35.1. The van der Waals surface area contributed by atoms with E-state index in [1.807, 2.05) is 24.3 Å². The summed E-state index contributed by atoms with van der Waals surface area (Å²) in [6, 6.07) is 7.74. The molecule has 1 spiro atoms. The van der Waals surface area contributed by atoms with E-state index >= 15 is 0 Å². The quantitative estimate of drug-likeness (QED) is 0.693. The zero-order valence-electron chi connectivity index (χ0n) is 18.7. The average molecular weight is 425 g/mol. The number of hydrogen-bond donors (Lipinski definition) is 3. The lowest BCUT2D eigenvalue weighted by molar-refractivity contribution is -0.139. The number of likely N-dealkylation sites (tertiary alicyclic amines) is 1. The number of amides is 2. The molecule has 3 N–H and O–H groups in total. The van der Waals surface area contributed by atoms with Crippen molar-refractivity contribution in [1.82, 2.24) is 15.5 Å². The molecule has 4 fully saturated rings. The molecule has 2 bridgehead atoms. The number of hydrogen-bond acceptors (Lipinski definition) is 4. The van der Waals surface area contributed by atoms with Crippen LogP contribution in [0.1, 0.15) is 68.6 Å². The number of carbonyl (C=O) groups is 2. The largest absolute Gasteiger partial charge is 0.362 e. The van der Waals surface area contributed by atoms with E-state index < -0.39 is 5.66 Å². The number of benzene rings is 1. The van der Waals surface area contributed by atoms with Crippen molar-refractivity contribution in [3.8, 4) is 0 Å². The molecule has 1 aromatic rings. The molecule has 2 heterocycles. The molecule has 2 amide bonds. The minimum atomic E-state index is -0.429. The molecule has 3 aliphatic carbocycles. The van der Waals surface area contributed by atoms with Gasteiger partial charge >= 0.3 is 0 Å². The summed E-state index contributed by atoms with van der Waals surface area (Å²) in [6.07, 6.45) is 8.95. The van der Waals surface area contributed by atoms with Crippen molar-refractivity contribution in [2.45, 2.75) is 64.0 Å². The summed E-state index contributed by atoms with van der Waals surface area (Å²) in [5.74, 6) is 0.508. The van der Waals surface area contributed by atoms with Crippen molar-refractivity contribution in [3.05, 3.63) is 29.8 Å². The fourth-order valence-corrected chi connectivity index (χ4v) is 6.67. The molecular formula is C25H36N4O2. The second-order valence-corrected chi connectivity index (χ2v) is 10.5. The van der Waals surface area contributed by atoms with Gasteiger partial charge in [-0.3, -0.25) is 9.59 Å². The van der Waals surface area contributed by atoms with Gasteiger partial charge in [-0.05, 0) is 69.2 Å². The number of carbonyl (C=O) groups excluding carboxylic acids is 2. The predicted molar refractivity (Wildman–Crippen MR) is 122 cm³/mol. The number of nitrogens with one attached hydrogen (secondary N) is 3. The zero-order valence-corrected chi connectivity index (χ0v) is 18.7. The molecular weight excluding hydrogens is 388 g/mol. The summed E-state index contributed by atoms with van der Waals surface area (Å²) < 4.78 is 0. The van der Waals surface area contributed by atoms with E-state index in [0.29, 0.717) is 5.56 Å². The van der Waals surface area contributed by atoms with Crippen LogP contribution in [0.5, 0.6) is 0 Å². The Bertz CT molecular complexity index is 850. The predicted octanol–water partition coefficient (Wildman–Crippen LogP) is 3.36. The number of anilines is 1. The molecule has 6 heteroatoms. The fourth-order valence-electron chi connectivity index (χ4n) is 6.67. The van der Waals surface area contributed by atoms with Crippen LogP contribution in [0.25, 0.3) is 0 Å². The van der Waals surface area contributed by atoms with Crippen LogP contribution in [0.2, 0.25) is 0 Å². The van der Waals surface area contributed by atoms with Crippen LogP contribution in [0.3, 0.4) is 0 Å². The number of nitrogens with zero attached hydrogens (tertiary/aromatic N) is 1. The van der Waals surface area contributed by atoms with Gasteiger partial charge < -0.3 is 20.9 Å². The highest BCUT2D eigenvalue weighted by Crippen LogP contribution is 2.58. The van der Waals surface area contributed by atoms with E-state index in [1.54, 1.807) is 0 Å². The van der Waals surface area contributed by atoms with Gasteiger partial charge in [-0.15, -0.1) is 0 Å². The molecule has 0 aromatic heterocycles. The second kappa shape index (κ2) is 8.12. The molecule has 2 aliphatic heterocycles. The first-order valence-corrected chi connectivity index (χ1v) is 12.2. The van der Waals surface area contributed by atoms with Gasteiger partial charge in [0, 0.05) is 30.6 Å². The Balaban J connectivity index is 1.24. The summed E-state index contributed by atoms with van der Waals surface area (Å²) in [5.41, 5.74) is 1.10. The summed E-state index contributed by atoms with van der Waals surface area (Å²) in [5, 5.41) is 10.2. The first kappa shape index (κ1) is 20.8. The topological polar surface area (TPSA) is 73.5 Å². The van der Waals surface area contributed by atoms with Crippen LogP contribution in [-0.4, -0.2) is 48.6 Å². The Hall–Kier alpha value is -2.08. The Labute approximate surface area is 185 Å². The van der Waals surface area contributed by atoms with Gasteiger partial charge in [0.05, 0.1) is 5.56 Å². The highest BCUT2D eigenvalue weighted by Gasteiger charge is 2.60. The third-order valence-electron chi connectivity index (χ3n) is 8.41. The Morgan fingerprint density at radius 2 is 1.94 bits per heavy atom. The first-order chi connectivity index (χ1) is 15.0. The van der Waals surface area contributed by atoms with Gasteiger partial charge in [0.2, 0.25) is 5.91 Å². The van der Waals surface area contributed by atoms with Gasteiger partial charge in [0.15, 0.2) is 0 Å². The zero-order chi connectivity index (χ0) is 21.5. The summed E-state index contributed by atoms with van der Waals surface area (Å²) in [4.78, 5) is 28.5. The van der Waals surface area contributed by atoms with E-state index in [0.717, 1.165) is 57.5 Å². The van der Waals surface area contributed by atoms with Crippen LogP contribution >= 0.6 is 0 Å². The molecule has 5 aliphatic rings. The maximum atomic E-state index is 13.2. The maximum absolute atomic E-state index is 13.2. The van der Waals surface area contributed by atoms with Crippen molar-refractivity contribution in [1.29, 1.82) is 0 Å². The van der Waals surface area contributed by atoms with Crippen molar-refractivity contribution in [2.75, 3.05) is 31.5 Å². The molecule has 6 rings (SSSR count). The maximum Gasteiger partial charge on any atom is 0.255 e. The van der Waals surface area contributed by atoms with E-state index in [-0.39, 0.29) is 29.1 Å². The lowest BCUT2D eigenvalue weighted by Crippen LogP contribution is -2.70. The minimum absolute atomic E-state index is 0.00366. The molecule has 168 valence electrons. The highest BCUT2D eigenvalue weighted by molar-refractivity contribution is 6.02. The van der Waals surface area contributed by atoms with E-state index in [9.17, 15) is 9.59 Å². The van der Waals surface area contributed by atoms with Crippen molar-refractivity contribution >= 4 is 17.5 Å². The third-order valence-corrected chi connectivity index (χ3v) is 8.41. The molecule has 4 atom stereocenters. The van der Waals surface area contributed by atoms with E-state index in [4.69, 9.17) is 0 Å². The lowest BCUT2D eigenvalue weighted by atomic mass is 9.51. The van der Waals surface area contributed by atoms with Crippen LogP contribution in [-0.2, 0) is 4.79 Å². The Morgan fingerprint density at radius 1 is 1.16 bits per heavy atom. The van der Waals surface area contributed by atoms with Crippen LogP contribution < -0.4 is 16.0 Å². The number of fused-ring (bicyclic) bond motifs is 3. The van der Waals surface area contributed by atoms with Crippen molar-refractivity contribution < 1.29 is 9.59 Å². The molecule has 31 heavy (non-hydrogen) atoms. The monoisotopic (exact) mass is 424 g/mol. The van der Waals surface area contributed by atoms with Gasteiger partial charge in [0.25, 0.3) is 5.91 Å². The smallest absolute Gasteiger partial charge is 0.255 e. The van der Waals surface area contributed by atoms with Gasteiger partial charge in [-0.1, -0.05) is 31.9 Å². The third kappa shape index (κ3) is 3.84. The van der Waals surface area contributed by atoms with Gasteiger partial charge in [0.1, 0.15) is 5.66 Å². The summed E-state index contributed by atoms with van der Waals surface area (Å²) in [6.45, 7) is 6.26. The second-order valence-electron chi connectivity index (χ2n) is 10.5. The highest BCUT2D eigenvalue weighted by atomic mass is 16.2. The van der Waals surface area contributed by atoms with Gasteiger partial charge in [-0.2, -0.15) is 0 Å². The average Bonchev–Trinajstić information content (AvgIpc) is 3.02. The van der Waals surface area contributed by atoms with Crippen molar-refractivity contribution in [2.24, 2.45) is 17.3 Å². The van der Waals surface area contributed by atoms with Crippen LogP contribution in [0.15, 0.2) is 24.3 Å². The van der Waals surface area contributed by atoms with E-state index in [1.165, 1.54) is 25.7 Å². The minimum Gasteiger partial charge on any atom is -0.362 e. The van der Waals surface area contributed by atoms with E-state index in [2.05, 4.69) is 27.8 Å². The lowest BCUT2D eigenvalue weighted by Gasteiger charge is -2.60. The molecule has 3 saturated carbocycles. The van der Waals surface area contributed by atoms with Crippen molar-refractivity contribution in [3.63, 3.8) is 0 Å². The SMILES string of the molecule is CC12CCC(CC1C(=O)NCCN1CCCCCC1)[C@]1(C2)NC(=O)c2ccccc2N1. The number of rotatable bonds is 4. The van der Waals surface area contributed by atoms with Gasteiger partial charge in [-0.25, -0.2) is 0 Å². The fraction of sp³-hybridized carbons (Fsp3) is 0.680. The molecule has 3 unspecified atom stereocenters. The summed E-state index contributed by atoms with van der Waals surface area (Å²) in [7, 11) is 0. The molecule has 6 nitrogen and oxygen atoms in total. The van der Waals surface area contributed by atoms with Crippen LogP contribution in [0.4, 0.5) is 5.69 Å². The molecule has 1 aromatic carbocycles. The summed E-state index contributed by atoms with van der Waals surface area (Å²) >= 11 is 0. The molecule has 1 saturated heterocycles. The standard InChI is InChI=1S/C25H36N4O2/c1-24-11-10-18(25(17-24)27-21-9-5-4-8-19(21)22(30)28-25)16-20(24)23(31)26-12-15-29-13-6-2-3-7-14-29/h4-5,8-9,18,20,27H,2-3,6-7,10-17H2,1H3,(H,26,31)(H,28,30)/t18?,20?,24?,25-/m0/s1. The molecule has 0 radical (unpaired) electrons. The Kier molecular flexibility index (Phi) is 5.45. The van der Waals surface area contributed by atoms with Crippen LogP contribution in [0, 0.1) is 17.3 Å². The number of para-hydroxylation sites is 1.